The standard InChI is InChI=1S/C22H26N2O3/c1-27-19-9-5-4-8-18(19)23-21(26)15-24-12-10-22(11-13-24)17-7-3-2-6-16(17)14-20(22)25/h2-9,20,25H,10-15H2,1H3,(H,23,26)/t20-/m1/s1. The molecule has 1 heterocycles. The van der Waals surface area contributed by atoms with Crippen molar-refractivity contribution < 1.29 is 14.6 Å². The molecule has 1 aliphatic carbocycles. The van der Waals surface area contributed by atoms with Gasteiger partial charge in [-0.15, -0.1) is 0 Å². The van der Waals surface area contributed by atoms with E-state index < -0.39 is 0 Å². The van der Waals surface area contributed by atoms with Crippen molar-refractivity contribution in [3.63, 3.8) is 0 Å². The molecule has 0 bridgehead atoms. The van der Waals surface area contributed by atoms with E-state index >= 15 is 0 Å². The Balaban J connectivity index is 1.38. The number of carbonyl (C=O) groups excluding carboxylic acids is 1. The molecule has 27 heavy (non-hydrogen) atoms. The summed E-state index contributed by atoms with van der Waals surface area (Å²) in [4.78, 5) is 14.6. The molecule has 2 N–H and O–H groups in total. The van der Waals surface area contributed by atoms with Gasteiger partial charge in [-0.2, -0.15) is 0 Å². The Kier molecular flexibility index (Phi) is 4.89. The van der Waals surface area contributed by atoms with Crippen molar-refractivity contribution in [2.75, 3.05) is 32.1 Å². The number of nitrogens with one attached hydrogen (secondary N) is 1. The zero-order valence-electron chi connectivity index (χ0n) is 15.6. The highest BCUT2D eigenvalue weighted by molar-refractivity contribution is 5.93. The first kappa shape index (κ1) is 18.0. The number of rotatable bonds is 4. The molecule has 1 amide bonds. The summed E-state index contributed by atoms with van der Waals surface area (Å²) in [6.45, 7) is 1.97. The topological polar surface area (TPSA) is 61.8 Å². The smallest absolute Gasteiger partial charge is 0.238 e. The molecule has 5 heteroatoms. The molecule has 0 radical (unpaired) electrons. The van der Waals surface area contributed by atoms with Gasteiger partial charge in [-0.1, -0.05) is 36.4 Å². The number of fused-ring (bicyclic) bond motifs is 2. The Morgan fingerprint density at radius 1 is 1.19 bits per heavy atom. The van der Waals surface area contributed by atoms with Crippen LogP contribution < -0.4 is 10.1 Å². The van der Waals surface area contributed by atoms with E-state index in [0.29, 0.717) is 18.0 Å². The average molecular weight is 366 g/mol. The van der Waals surface area contributed by atoms with Crippen LogP contribution in [0.5, 0.6) is 5.75 Å². The average Bonchev–Trinajstić information content (AvgIpc) is 2.96. The highest BCUT2D eigenvalue weighted by Crippen LogP contribution is 2.46. The summed E-state index contributed by atoms with van der Waals surface area (Å²) in [5.74, 6) is 0.622. The van der Waals surface area contributed by atoms with Crippen molar-refractivity contribution in [3.8, 4) is 5.75 Å². The number of piperidine rings is 1. The number of ether oxygens (including phenoxy) is 1. The summed E-state index contributed by atoms with van der Waals surface area (Å²) in [7, 11) is 1.60. The third-order valence-electron chi connectivity index (χ3n) is 6.10. The van der Waals surface area contributed by atoms with Crippen LogP contribution in [0, 0.1) is 0 Å². The van der Waals surface area contributed by atoms with Gasteiger partial charge in [0.05, 0.1) is 25.4 Å². The number of aliphatic hydroxyl groups is 1. The molecule has 1 fully saturated rings. The highest BCUT2D eigenvalue weighted by Gasteiger charge is 2.47. The highest BCUT2D eigenvalue weighted by atomic mass is 16.5. The number of aliphatic hydroxyl groups excluding tert-OH is 1. The summed E-state index contributed by atoms with van der Waals surface area (Å²) in [5.41, 5.74) is 3.12. The normalized spacial score (nSPS) is 21.0. The minimum absolute atomic E-state index is 0.0391. The molecule has 1 atom stereocenters. The first-order valence-electron chi connectivity index (χ1n) is 9.54. The fourth-order valence-corrected chi connectivity index (χ4v) is 4.62. The summed E-state index contributed by atoms with van der Waals surface area (Å²) in [6.07, 6.45) is 2.18. The van der Waals surface area contributed by atoms with Crippen molar-refractivity contribution >= 4 is 11.6 Å². The first-order valence-corrected chi connectivity index (χ1v) is 9.54. The Labute approximate surface area is 160 Å². The van der Waals surface area contributed by atoms with Gasteiger partial charge in [0.25, 0.3) is 0 Å². The van der Waals surface area contributed by atoms with Gasteiger partial charge in [0.1, 0.15) is 5.75 Å². The summed E-state index contributed by atoms with van der Waals surface area (Å²) < 4.78 is 5.29. The molecule has 0 unspecified atom stereocenters. The van der Waals surface area contributed by atoms with E-state index in [4.69, 9.17) is 4.74 Å². The van der Waals surface area contributed by atoms with Gasteiger partial charge in [-0.3, -0.25) is 9.69 Å². The van der Waals surface area contributed by atoms with E-state index in [0.717, 1.165) is 32.4 Å². The first-order chi connectivity index (χ1) is 13.1. The molecule has 1 spiro atoms. The zero-order valence-corrected chi connectivity index (χ0v) is 15.6. The maximum atomic E-state index is 12.5. The molecule has 142 valence electrons. The summed E-state index contributed by atoms with van der Waals surface area (Å²) in [5, 5.41) is 13.7. The predicted octanol–water partition coefficient (Wildman–Crippen LogP) is 2.58. The van der Waals surface area contributed by atoms with Crippen LogP contribution in [0.15, 0.2) is 48.5 Å². The van der Waals surface area contributed by atoms with Crippen molar-refractivity contribution in [3.05, 3.63) is 59.7 Å². The SMILES string of the molecule is COc1ccccc1NC(=O)CN1CCC2(CC1)c1ccccc1C[C@H]2O. The number of likely N-dealkylation sites (tertiary alicyclic amines) is 1. The number of para-hydroxylation sites is 2. The van der Waals surface area contributed by atoms with Gasteiger partial charge in [0, 0.05) is 5.41 Å². The van der Waals surface area contributed by atoms with Gasteiger partial charge in [-0.25, -0.2) is 0 Å². The molecule has 2 aliphatic rings. The monoisotopic (exact) mass is 366 g/mol. The van der Waals surface area contributed by atoms with Gasteiger partial charge >= 0.3 is 0 Å². The minimum atomic E-state index is -0.320. The third kappa shape index (κ3) is 3.33. The second-order valence-corrected chi connectivity index (χ2v) is 7.56. The van der Waals surface area contributed by atoms with E-state index in [-0.39, 0.29) is 17.4 Å². The van der Waals surface area contributed by atoms with Crippen LogP contribution >= 0.6 is 0 Å². The van der Waals surface area contributed by atoms with Crippen molar-refractivity contribution in [2.24, 2.45) is 0 Å². The Morgan fingerprint density at radius 3 is 2.67 bits per heavy atom. The fourth-order valence-electron chi connectivity index (χ4n) is 4.62. The summed E-state index contributed by atoms with van der Waals surface area (Å²) >= 11 is 0. The predicted molar refractivity (Wildman–Crippen MR) is 105 cm³/mol. The molecule has 1 saturated heterocycles. The fraction of sp³-hybridized carbons (Fsp3) is 0.409. The van der Waals surface area contributed by atoms with Gasteiger partial charge < -0.3 is 15.2 Å². The van der Waals surface area contributed by atoms with E-state index in [2.05, 4.69) is 28.4 Å². The zero-order chi connectivity index (χ0) is 18.9. The lowest BCUT2D eigenvalue weighted by molar-refractivity contribution is -0.117. The number of anilines is 1. The molecule has 2 aromatic carbocycles. The quantitative estimate of drug-likeness (QED) is 0.873. The van der Waals surface area contributed by atoms with Crippen LogP contribution in [0.2, 0.25) is 0 Å². The summed E-state index contributed by atoms with van der Waals surface area (Å²) in [6, 6.07) is 15.8. The number of nitrogens with zero attached hydrogens (tertiary/aromatic N) is 1. The van der Waals surface area contributed by atoms with E-state index in [1.807, 2.05) is 30.3 Å². The second-order valence-electron chi connectivity index (χ2n) is 7.56. The molecule has 0 saturated carbocycles. The van der Waals surface area contributed by atoms with Gasteiger partial charge in [0.2, 0.25) is 5.91 Å². The maximum Gasteiger partial charge on any atom is 0.238 e. The molecular weight excluding hydrogens is 340 g/mol. The van der Waals surface area contributed by atoms with Crippen LogP contribution in [-0.4, -0.2) is 48.8 Å². The van der Waals surface area contributed by atoms with Crippen LogP contribution in [0.1, 0.15) is 24.0 Å². The Morgan fingerprint density at radius 2 is 1.89 bits per heavy atom. The van der Waals surface area contributed by atoms with Crippen LogP contribution in [-0.2, 0) is 16.6 Å². The molecule has 5 nitrogen and oxygen atoms in total. The second kappa shape index (κ2) is 7.33. The molecular formula is C22H26N2O3. The lowest BCUT2D eigenvalue weighted by Crippen LogP contribution is -2.49. The van der Waals surface area contributed by atoms with Crippen molar-refractivity contribution in [1.29, 1.82) is 0 Å². The van der Waals surface area contributed by atoms with Gasteiger partial charge in [-0.05, 0) is 55.6 Å². The van der Waals surface area contributed by atoms with Crippen molar-refractivity contribution in [1.82, 2.24) is 4.90 Å². The van der Waals surface area contributed by atoms with Crippen LogP contribution in [0.4, 0.5) is 5.69 Å². The number of benzene rings is 2. The van der Waals surface area contributed by atoms with E-state index in [1.54, 1.807) is 7.11 Å². The molecule has 1 aliphatic heterocycles. The number of hydrogen-bond acceptors (Lipinski definition) is 4. The van der Waals surface area contributed by atoms with E-state index in [9.17, 15) is 9.90 Å². The maximum absolute atomic E-state index is 12.5. The third-order valence-corrected chi connectivity index (χ3v) is 6.10. The number of amides is 1. The largest absolute Gasteiger partial charge is 0.495 e. The van der Waals surface area contributed by atoms with Crippen molar-refractivity contribution in [2.45, 2.75) is 30.8 Å². The van der Waals surface area contributed by atoms with Crippen LogP contribution in [0.3, 0.4) is 0 Å². The Hall–Kier alpha value is -2.37. The molecule has 2 aromatic rings. The molecule has 4 rings (SSSR count). The Bertz CT molecular complexity index is 828. The lowest BCUT2D eigenvalue weighted by Gasteiger charge is -2.42. The van der Waals surface area contributed by atoms with Crippen LogP contribution in [0.25, 0.3) is 0 Å². The molecule has 0 aromatic heterocycles. The number of carbonyl (C=O) groups is 1. The minimum Gasteiger partial charge on any atom is -0.495 e. The van der Waals surface area contributed by atoms with E-state index in [1.165, 1.54) is 11.1 Å². The number of methoxy groups -OCH3 is 1. The van der Waals surface area contributed by atoms with Gasteiger partial charge in [0.15, 0.2) is 0 Å². The lowest BCUT2D eigenvalue weighted by atomic mass is 9.72. The number of hydrogen-bond donors (Lipinski definition) is 2.